The van der Waals surface area contributed by atoms with Crippen LogP contribution < -0.4 is 14.8 Å². The van der Waals surface area contributed by atoms with Gasteiger partial charge in [-0.2, -0.15) is 0 Å². The lowest BCUT2D eigenvalue weighted by Crippen LogP contribution is -2.22. The Hall–Kier alpha value is -2.27. The molecule has 0 aromatic heterocycles. The molecule has 2 aromatic carbocycles. The molecule has 1 heterocycles. The van der Waals surface area contributed by atoms with Crippen LogP contribution in [0.4, 0.5) is 4.39 Å². The molecule has 4 nitrogen and oxygen atoms in total. The highest BCUT2D eigenvalue weighted by Crippen LogP contribution is 2.39. The van der Waals surface area contributed by atoms with E-state index in [9.17, 15) is 9.18 Å². The molecule has 3 rings (SSSR count). The van der Waals surface area contributed by atoms with Gasteiger partial charge in [0, 0.05) is 12.1 Å². The number of hydrogen-bond donors (Lipinski definition) is 1. The number of carbonyl (C=O) groups is 1. The van der Waals surface area contributed by atoms with Crippen molar-refractivity contribution in [1.29, 1.82) is 0 Å². The van der Waals surface area contributed by atoms with Gasteiger partial charge in [0.1, 0.15) is 5.82 Å². The summed E-state index contributed by atoms with van der Waals surface area (Å²) >= 11 is 6.03. The van der Waals surface area contributed by atoms with E-state index >= 15 is 0 Å². The summed E-state index contributed by atoms with van der Waals surface area (Å²) in [6, 6.07) is 9.02. The van der Waals surface area contributed by atoms with Crippen LogP contribution >= 0.6 is 11.6 Å². The number of rotatable bonds is 3. The molecule has 0 aliphatic carbocycles. The number of amides is 1. The van der Waals surface area contributed by atoms with Crippen LogP contribution in [0, 0.1) is 5.82 Å². The van der Waals surface area contributed by atoms with Crippen LogP contribution in [-0.2, 0) is 6.54 Å². The average molecular weight is 308 g/mol. The molecule has 1 amide bonds. The summed E-state index contributed by atoms with van der Waals surface area (Å²) in [5, 5.41) is 3.07. The van der Waals surface area contributed by atoms with E-state index in [1.807, 2.05) is 0 Å². The van der Waals surface area contributed by atoms with Gasteiger partial charge in [-0.05, 0) is 29.8 Å². The van der Waals surface area contributed by atoms with Crippen LogP contribution in [0.15, 0.2) is 36.4 Å². The molecule has 0 unspecified atom stereocenters. The van der Waals surface area contributed by atoms with Crippen molar-refractivity contribution in [2.45, 2.75) is 6.54 Å². The minimum absolute atomic E-state index is 0.0930. The summed E-state index contributed by atoms with van der Waals surface area (Å²) in [7, 11) is 0. The second kappa shape index (κ2) is 5.61. The van der Waals surface area contributed by atoms with Gasteiger partial charge in [0.25, 0.3) is 5.91 Å². The highest BCUT2D eigenvalue weighted by molar-refractivity contribution is 6.32. The predicted molar refractivity (Wildman–Crippen MR) is 75.1 cm³/mol. The molecule has 0 saturated carbocycles. The standard InChI is InChI=1S/C15H11ClFNO3/c16-12-5-10(6-13-14(12)21-8-20-13)15(19)18-7-9-1-3-11(17)4-2-9/h1-6H,7-8H2,(H,18,19). The van der Waals surface area contributed by atoms with Crippen LogP contribution in [-0.4, -0.2) is 12.7 Å². The SMILES string of the molecule is O=C(NCc1ccc(F)cc1)c1cc(Cl)c2c(c1)OCO2. The van der Waals surface area contributed by atoms with Crippen LogP contribution in [0.5, 0.6) is 11.5 Å². The molecule has 1 aliphatic rings. The maximum absolute atomic E-state index is 12.8. The Bertz CT molecular complexity index is 688. The van der Waals surface area contributed by atoms with Gasteiger partial charge < -0.3 is 14.8 Å². The molecule has 108 valence electrons. The second-order valence-corrected chi connectivity index (χ2v) is 4.91. The van der Waals surface area contributed by atoms with E-state index < -0.39 is 0 Å². The number of carbonyl (C=O) groups excluding carboxylic acids is 1. The first-order chi connectivity index (χ1) is 10.1. The third kappa shape index (κ3) is 2.92. The average Bonchev–Trinajstić information content (AvgIpc) is 2.95. The minimum Gasteiger partial charge on any atom is -0.454 e. The largest absolute Gasteiger partial charge is 0.454 e. The second-order valence-electron chi connectivity index (χ2n) is 4.50. The van der Waals surface area contributed by atoms with Gasteiger partial charge in [-0.25, -0.2) is 4.39 Å². The quantitative estimate of drug-likeness (QED) is 0.947. The molecule has 0 bridgehead atoms. The van der Waals surface area contributed by atoms with Gasteiger partial charge >= 0.3 is 0 Å². The predicted octanol–water partition coefficient (Wildman–Crippen LogP) is 3.14. The van der Waals surface area contributed by atoms with E-state index in [1.54, 1.807) is 18.2 Å². The summed E-state index contributed by atoms with van der Waals surface area (Å²) in [5.41, 5.74) is 1.18. The molecular formula is C15H11ClFNO3. The molecule has 0 saturated heterocycles. The Balaban J connectivity index is 1.71. The Morgan fingerprint density at radius 2 is 2.00 bits per heavy atom. The fourth-order valence-electron chi connectivity index (χ4n) is 1.99. The molecular weight excluding hydrogens is 297 g/mol. The van der Waals surface area contributed by atoms with Crippen LogP contribution in [0.3, 0.4) is 0 Å². The van der Waals surface area contributed by atoms with Gasteiger partial charge in [0.15, 0.2) is 11.5 Å². The lowest BCUT2D eigenvalue weighted by atomic mass is 10.1. The summed E-state index contributed by atoms with van der Waals surface area (Å²) < 4.78 is 23.2. The van der Waals surface area contributed by atoms with Crippen molar-refractivity contribution in [2.24, 2.45) is 0 Å². The highest BCUT2D eigenvalue weighted by Gasteiger charge is 2.20. The molecule has 1 N–H and O–H groups in total. The van der Waals surface area contributed by atoms with E-state index in [0.29, 0.717) is 28.6 Å². The Morgan fingerprint density at radius 1 is 1.24 bits per heavy atom. The maximum Gasteiger partial charge on any atom is 0.251 e. The zero-order valence-electron chi connectivity index (χ0n) is 10.9. The molecule has 0 spiro atoms. The van der Waals surface area contributed by atoms with Crippen molar-refractivity contribution in [2.75, 3.05) is 6.79 Å². The summed E-state index contributed by atoms with van der Waals surface area (Å²) in [4.78, 5) is 12.1. The molecule has 21 heavy (non-hydrogen) atoms. The van der Waals surface area contributed by atoms with Gasteiger partial charge in [-0.3, -0.25) is 4.79 Å². The monoisotopic (exact) mass is 307 g/mol. The van der Waals surface area contributed by atoms with Gasteiger partial charge in [0.05, 0.1) is 5.02 Å². The van der Waals surface area contributed by atoms with Crippen molar-refractivity contribution < 1.29 is 18.7 Å². The van der Waals surface area contributed by atoms with E-state index in [1.165, 1.54) is 18.2 Å². The fraction of sp³-hybridized carbons (Fsp3) is 0.133. The first-order valence-electron chi connectivity index (χ1n) is 6.25. The third-order valence-corrected chi connectivity index (χ3v) is 3.34. The maximum atomic E-state index is 12.8. The van der Waals surface area contributed by atoms with Crippen LogP contribution in [0.1, 0.15) is 15.9 Å². The molecule has 2 aromatic rings. The number of nitrogens with one attached hydrogen (secondary N) is 1. The van der Waals surface area contributed by atoms with E-state index in [4.69, 9.17) is 21.1 Å². The zero-order chi connectivity index (χ0) is 14.8. The van der Waals surface area contributed by atoms with Gasteiger partial charge in [0.2, 0.25) is 6.79 Å². The van der Waals surface area contributed by atoms with E-state index in [2.05, 4.69) is 5.32 Å². The number of halogens is 2. The zero-order valence-corrected chi connectivity index (χ0v) is 11.6. The molecule has 0 atom stereocenters. The highest BCUT2D eigenvalue weighted by atomic mass is 35.5. The summed E-state index contributed by atoms with van der Waals surface area (Å²) in [5.74, 6) is 0.299. The van der Waals surface area contributed by atoms with Gasteiger partial charge in [-0.15, -0.1) is 0 Å². The van der Waals surface area contributed by atoms with Crippen molar-refractivity contribution in [3.05, 3.63) is 58.4 Å². The van der Waals surface area contributed by atoms with E-state index in [-0.39, 0.29) is 18.5 Å². The van der Waals surface area contributed by atoms with Crippen LogP contribution in [0.2, 0.25) is 5.02 Å². The lowest BCUT2D eigenvalue weighted by molar-refractivity contribution is 0.0950. The summed E-state index contributed by atoms with van der Waals surface area (Å²) in [6.45, 7) is 0.390. The number of ether oxygens (including phenoxy) is 2. The van der Waals surface area contributed by atoms with E-state index in [0.717, 1.165) is 5.56 Å². The smallest absolute Gasteiger partial charge is 0.251 e. The van der Waals surface area contributed by atoms with Gasteiger partial charge in [-0.1, -0.05) is 23.7 Å². The number of benzene rings is 2. The Labute approximate surface area is 125 Å². The first kappa shape index (κ1) is 13.7. The van der Waals surface area contributed by atoms with Crippen molar-refractivity contribution >= 4 is 17.5 Å². The number of hydrogen-bond acceptors (Lipinski definition) is 3. The normalized spacial score (nSPS) is 12.3. The first-order valence-corrected chi connectivity index (χ1v) is 6.63. The molecule has 6 heteroatoms. The number of fused-ring (bicyclic) bond motifs is 1. The third-order valence-electron chi connectivity index (χ3n) is 3.06. The Morgan fingerprint density at radius 3 is 2.76 bits per heavy atom. The minimum atomic E-state index is -0.312. The lowest BCUT2D eigenvalue weighted by Gasteiger charge is -2.07. The Kier molecular flexibility index (Phi) is 3.66. The molecule has 1 aliphatic heterocycles. The van der Waals surface area contributed by atoms with Crippen LogP contribution in [0.25, 0.3) is 0 Å². The topological polar surface area (TPSA) is 47.6 Å². The van der Waals surface area contributed by atoms with Crippen molar-refractivity contribution in [3.63, 3.8) is 0 Å². The summed E-state index contributed by atoms with van der Waals surface area (Å²) in [6.07, 6.45) is 0. The molecule has 0 radical (unpaired) electrons. The van der Waals surface area contributed by atoms with Crippen molar-refractivity contribution in [1.82, 2.24) is 5.32 Å². The van der Waals surface area contributed by atoms with Crippen molar-refractivity contribution in [3.8, 4) is 11.5 Å². The molecule has 0 fully saturated rings. The fourth-order valence-corrected chi connectivity index (χ4v) is 2.25.